The molecule has 0 saturated heterocycles. The second kappa shape index (κ2) is 5.30. The van der Waals surface area contributed by atoms with Gasteiger partial charge in [0.05, 0.1) is 6.04 Å². The average Bonchev–Trinajstić information content (AvgIpc) is 2.30. The summed E-state index contributed by atoms with van der Waals surface area (Å²) in [5.41, 5.74) is 2.87. The predicted octanol–water partition coefficient (Wildman–Crippen LogP) is 2.55. The van der Waals surface area contributed by atoms with Crippen LogP contribution in [0.1, 0.15) is 36.9 Å². The van der Waals surface area contributed by atoms with Gasteiger partial charge in [0.15, 0.2) is 5.11 Å². The zero-order valence-electron chi connectivity index (χ0n) is 9.62. The second-order valence-electron chi connectivity index (χ2n) is 4.15. The van der Waals surface area contributed by atoms with Crippen molar-refractivity contribution in [3.8, 4) is 0 Å². The standard InChI is InChI=1S/C13H18N2S/c1-2-14-13(16)15-12-9-5-7-10-6-3-4-8-11(10)12/h3-4,6,8,12H,2,5,7,9H2,1H3,(H2,14,15,16)/t12-/m1/s1. The van der Waals surface area contributed by atoms with Gasteiger partial charge >= 0.3 is 0 Å². The number of thiocarbonyl (C=S) groups is 1. The van der Waals surface area contributed by atoms with Crippen molar-refractivity contribution in [1.82, 2.24) is 10.6 Å². The van der Waals surface area contributed by atoms with Gasteiger partial charge in [0.1, 0.15) is 0 Å². The lowest BCUT2D eigenvalue weighted by molar-refractivity contribution is 0.524. The minimum atomic E-state index is 0.386. The highest BCUT2D eigenvalue weighted by Gasteiger charge is 2.19. The van der Waals surface area contributed by atoms with Gasteiger partial charge in [-0.15, -0.1) is 0 Å². The van der Waals surface area contributed by atoms with Crippen LogP contribution in [0.5, 0.6) is 0 Å². The van der Waals surface area contributed by atoms with Crippen LogP contribution in [0.4, 0.5) is 0 Å². The Morgan fingerprint density at radius 1 is 1.44 bits per heavy atom. The van der Waals surface area contributed by atoms with E-state index in [4.69, 9.17) is 12.2 Å². The molecule has 1 aliphatic rings. The number of hydrogen-bond acceptors (Lipinski definition) is 1. The normalized spacial score (nSPS) is 18.7. The quantitative estimate of drug-likeness (QED) is 0.769. The molecule has 0 aromatic heterocycles. The van der Waals surface area contributed by atoms with Gasteiger partial charge in [-0.3, -0.25) is 0 Å². The number of fused-ring (bicyclic) bond motifs is 1. The lowest BCUT2D eigenvalue weighted by Crippen LogP contribution is -2.38. The molecule has 0 unspecified atom stereocenters. The van der Waals surface area contributed by atoms with Crippen LogP contribution in [0.3, 0.4) is 0 Å². The van der Waals surface area contributed by atoms with E-state index in [2.05, 4.69) is 41.8 Å². The third kappa shape index (κ3) is 2.53. The van der Waals surface area contributed by atoms with Crippen LogP contribution >= 0.6 is 12.2 Å². The van der Waals surface area contributed by atoms with E-state index in [0.29, 0.717) is 6.04 Å². The van der Waals surface area contributed by atoms with Crippen molar-refractivity contribution in [3.05, 3.63) is 35.4 Å². The average molecular weight is 234 g/mol. The van der Waals surface area contributed by atoms with Crippen molar-refractivity contribution < 1.29 is 0 Å². The van der Waals surface area contributed by atoms with Gasteiger partial charge in [0.25, 0.3) is 0 Å². The molecule has 1 aromatic carbocycles. The van der Waals surface area contributed by atoms with Gasteiger partial charge in [-0.2, -0.15) is 0 Å². The maximum Gasteiger partial charge on any atom is 0.166 e. The highest BCUT2D eigenvalue weighted by Crippen LogP contribution is 2.29. The van der Waals surface area contributed by atoms with Crippen LogP contribution < -0.4 is 10.6 Å². The fourth-order valence-electron chi connectivity index (χ4n) is 2.27. The van der Waals surface area contributed by atoms with Gasteiger partial charge in [-0.1, -0.05) is 24.3 Å². The molecule has 3 heteroatoms. The Hall–Kier alpha value is -1.09. The molecule has 0 amide bonds. The molecule has 0 aliphatic heterocycles. The molecule has 2 nitrogen and oxygen atoms in total. The second-order valence-corrected chi connectivity index (χ2v) is 4.56. The highest BCUT2D eigenvalue weighted by atomic mass is 32.1. The van der Waals surface area contributed by atoms with E-state index in [1.807, 2.05) is 0 Å². The van der Waals surface area contributed by atoms with E-state index in [-0.39, 0.29) is 0 Å². The summed E-state index contributed by atoms with van der Waals surface area (Å²) in [5, 5.41) is 7.31. The van der Waals surface area contributed by atoms with Crippen molar-refractivity contribution in [3.63, 3.8) is 0 Å². The Kier molecular flexibility index (Phi) is 3.78. The van der Waals surface area contributed by atoms with Crippen LogP contribution in [0, 0.1) is 0 Å². The van der Waals surface area contributed by atoms with Crippen LogP contribution in [-0.4, -0.2) is 11.7 Å². The molecule has 2 N–H and O–H groups in total. The number of benzene rings is 1. The van der Waals surface area contributed by atoms with Crippen molar-refractivity contribution in [1.29, 1.82) is 0 Å². The lowest BCUT2D eigenvalue weighted by atomic mass is 9.88. The first-order valence-electron chi connectivity index (χ1n) is 5.93. The summed E-state index contributed by atoms with van der Waals surface area (Å²) in [6, 6.07) is 9.04. The van der Waals surface area contributed by atoms with Crippen molar-refractivity contribution in [2.75, 3.05) is 6.54 Å². The number of aryl methyl sites for hydroxylation is 1. The molecule has 0 spiro atoms. The summed E-state index contributed by atoms with van der Waals surface area (Å²) in [5.74, 6) is 0. The minimum absolute atomic E-state index is 0.386. The largest absolute Gasteiger partial charge is 0.363 e. The van der Waals surface area contributed by atoms with Crippen LogP contribution in [0.2, 0.25) is 0 Å². The van der Waals surface area contributed by atoms with Crippen LogP contribution in [0.25, 0.3) is 0 Å². The lowest BCUT2D eigenvalue weighted by Gasteiger charge is -2.27. The summed E-state index contributed by atoms with van der Waals surface area (Å²) in [4.78, 5) is 0. The van der Waals surface area contributed by atoms with E-state index in [1.165, 1.54) is 30.4 Å². The molecule has 0 fully saturated rings. The van der Waals surface area contributed by atoms with E-state index >= 15 is 0 Å². The molecular formula is C13H18N2S. The van der Waals surface area contributed by atoms with Gasteiger partial charge < -0.3 is 10.6 Å². The molecule has 16 heavy (non-hydrogen) atoms. The summed E-state index contributed by atoms with van der Waals surface area (Å²) in [6.07, 6.45) is 3.61. The fraction of sp³-hybridized carbons (Fsp3) is 0.462. The van der Waals surface area contributed by atoms with E-state index < -0.39 is 0 Å². The molecule has 0 saturated carbocycles. The monoisotopic (exact) mass is 234 g/mol. The molecule has 0 heterocycles. The predicted molar refractivity (Wildman–Crippen MR) is 71.5 cm³/mol. The van der Waals surface area contributed by atoms with Crippen LogP contribution in [-0.2, 0) is 6.42 Å². The molecule has 1 atom stereocenters. The van der Waals surface area contributed by atoms with E-state index in [9.17, 15) is 0 Å². The summed E-state index contributed by atoms with van der Waals surface area (Å²) in [6.45, 7) is 2.93. The number of rotatable bonds is 2. The first-order valence-corrected chi connectivity index (χ1v) is 6.34. The highest BCUT2D eigenvalue weighted by molar-refractivity contribution is 7.80. The zero-order valence-corrected chi connectivity index (χ0v) is 10.4. The number of nitrogens with one attached hydrogen (secondary N) is 2. The van der Waals surface area contributed by atoms with E-state index in [1.54, 1.807) is 0 Å². The molecular weight excluding hydrogens is 216 g/mol. The molecule has 86 valence electrons. The Bertz CT molecular complexity index is 376. The summed E-state index contributed by atoms with van der Waals surface area (Å²) >= 11 is 5.24. The Morgan fingerprint density at radius 2 is 2.25 bits per heavy atom. The van der Waals surface area contributed by atoms with Crippen molar-refractivity contribution >= 4 is 17.3 Å². The van der Waals surface area contributed by atoms with Gasteiger partial charge in [0, 0.05) is 6.54 Å². The smallest absolute Gasteiger partial charge is 0.166 e. The molecule has 2 rings (SSSR count). The third-order valence-electron chi connectivity index (χ3n) is 3.01. The van der Waals surface area contributed by atoms with Gasteiger partial charge in [-0.25, -0.2) is 0 Å². The van der Waals surface area contributed by atoms with Gasteiger partial charge in [-0.05, 0) is 49.5 Å². The van der Waals surface area contributed by atoms with Gasteiger partial charge in [0.2, 0.25) is 0 Å². The molecule has 1 aliphatic carbocycles. The van der Waals surface area contributed by atoms with Crippen molar-refractivity contribution in [2.45, 2.75) is 32.2 Å². The molecule has 0 radical (unpaired) electrons. The maximum absolute atomic E-state index is 5.24. The molecule has 1 aromatic rings. The Labute approximate surface area is 102 Å². The van der Waals surface area contributed by atoms with Crippen LogP contribution in [0.15, 0.2) is 24.3 Å². The number of hydrogen-bond donors (Lipinski definition) is 2. The maximum atomic E-state index is 5.24. The van der Waals surface area contributed by atoms with E-state index in [0.717, 1.165) is 11.7 Å². The summed E-state index contributed by atoms with van der Waals surface area (Å²) in [7, 11) is 0. The molecule has 0 bridgehead atoms. The zero-order chi connectivity index (χ0) is 11.4. The summed E-state index contributed by atoms with van der Waals surface area (Å²) < 4.78 is 0. The minimum Gasteiger partial charge on any atom is -0.363 e. The third-order valence-corrected chi connectivity index (χ3v) is 3.27. The Balaban J connectivity index is 2.10. The SMILES string of the molecule is CCNC(=S)N[C@@H]1CCCc2ccccc21. The first kappa shape index (κ1) is 11.4. The first-order chi connectivity index (χ1) is 7.81. The van der Waals surface area contributed by atoms with Crippen molar-refractivity contribution in [2.24, 2.45) is 0 Å². The fourth-order valence-corrected chi connectivity index (χ4v) is 2.56. The topological polar surface area (TPSA) is 24.1 Å². The Morgan fingerprint density at radius 3 is 3.06 bits per heavy atom.